The van der Waals surface area contributed by atoms with Crippen LogP contribution in [-0.2, 0) is 11.0 Å². The summed E-state index contributed by atoms with van der Waals surface area (Å²) in [7, 11) is 0. The van der Waals surface area contributed by atoms with E-state index in [9.17, 15) is 23.1 Å². The second-order valence-corrected chi connectivity index (χ2v) is 3.06. The van der Waals surface area contributed by atoms with Crippen molar-refractivity contribution in [2.75, 3.05) is 0 Å². The number of phenolic OH excluding ortho intramolecular Hbond substituents is 1. The number of carbonyl (C=O) groups is 1. The largest absolute Gasteiger partial charge is 0.507 e. The van der Waals surface area contributed by atoms with Gasteiger partial charge in [0.25, 0.3) is 0 Å². The third-order valence-electron chi connectivity index (χ3n) is 1.97. The van der Waals surface area contributed by atoms with Crippen LogP contribution in [0.3, 0.4) is 0 Å². The lowest BCUT2D eigenvalue weighted by Gasteiger charge is -2.14. The molecule has 16 heavy (non-hydrogen) atoms. The van der Waals surface area contributed by atoms with Crippen molar-refractivity contribution in [1.82, 2.24) is 0 Å². The highest BCUT2D eigenvalue weighted by atomic mass is 19.4. The van der Waals surface area contributed by atoms with Crippen LogP contribution in [0.15, 0.2) is 18.2 Å². The molecule has 0 aromatic heterocycles. The van der Waals surface area contributed by atoms with E-state index in [0.717, 1.165) is 12.1 Å². The van der Waals surface area contributed by atoms with Crippen LogP contribution in [0.25, 0.3) is 0 Å². The third-order valence-corrected chi connectivity index (χ3v) is 1.97. The van der Waals surface area contributed by atoms with E-state index in [1.165, 1.54) is 0 Å². The molecule has 0 bridgehead atoms. The molecule has 0 aliphatic rings. The Hall–Kier alpha value is -1.76. The first-order valence-corrected chi connectivity index (χ1v) is 4.12. The molecule has 7 heteroatoms. The van der Waals surface area contributed by atoms with Crippen molar-refractivity contribution in [2.45, 2.75) is 12.2 Å². The SMILES string of the molecule is N[C@H](C(=O)O)c1cccc(C(F)(F)F)c1O. The van der Waals surface area contributed by atoms with Gasteiger partial charge in [-0.15, -0.1) is 0 Å². The average Bonchev–Trinajstić information content (AvgIpc) is 2.15. The minimum Gasteiger partial charge on any atom is -0.507 e. The number of aromatic hydroxyl groups is 1. The van der Waals surface area contributed by atoms with Crippen molar-refractivity contribution >= 4 is 5.97 Å². The van der Waals surface area contributed by atoms with Crippen LogP contribution in [0.1, 0.15) is 17.2 Å². The number of phenols is 1. The highest BCUT2D eigenvalue weighted by molar-refractivity contribution is 5.76. The number of alkyl halides is 3. The Bertz CT molecular complexity index is 417. The molecule has 0 spiro atoms. The topological polar surface area (TPSA) is 83.6 Å². The number of carboxylic acids is 1. The fraction of sp³-hybridized carbons (Fsp3) is 0.222. The lowest BCUT2D eigenvalue weighted by molar-refractivity contribution is -0.140. The summed E-state index contributed by atoms with van der Waals surface area (Å²) in [6.45, 7) is 0. The molecule has 88 valence electrons. The predicted molar refractivity (Wildman–Crippen MR) is 47.7 cm³/mol. The van der Waals surface area contributed by atoms with E-state index in [2.05, 4.69) is 0 Å². The molecular formula is C9H8F3NO3. The Labute approximate surface area is 88.1 Å². The first-order valence-electron chi connectivity index (χ1n) is 4.12. The van der Waals surface area contributed by atoms with E-state index in [1.54, 1.807) is 0 Å². The molecule has 0 aliphatic carbocycles. The Kier molecular flexibility index (Phi) is 3.09. The molecule has 0 radical (unpaired) electrons. The molecule has 1 aromatic rings. The summed E-state index contributed by atoms with van der Waals surface area (Å²) in [4.78, 5) is 10.5. The monoisotopic (exact) mass is 235 g/mol. The average molecular weight is 235 g/mol. The van der Waals surface area contributed by atoms with Gasteiger partial charge in [0.05, 0.1) is 5.56 Å². The van der Waals surface area contributed by atoms with Crippen LogP contribution in [0, 0.1) is 0 Å². The Balaban J connectivity index is 3.30. The standard InChI is InChI=1S/C9H8F3NO3/c10-9(11,12)5-3-1-2-4(7(5)14)6(13)8(15)16/h1-3,6,14H,13H2,(H,15,16)/t6-/m0/s1. The van der Waals surface area contributed by atoms with Crippen molar-refractivity contribution in [3.8, 4) is 5.75 Å². The predicted octanol–water partition coefficient (Wildman–Crippen LogP) is 1.50. The number of nitrogens with two attached hydrogens (primary N) is 1. The number of halogens is 3. The van der Waals surface area contributed by atoms with Crippen molar-refractivity contribution in [1.29, 1.82) is 0 Å². The van der Waals surface area contributed by atoms with E-state index in [1.807, 2.05) is 0 Å². The zero-order chi connectivity index (χ0) is 12.5. The number of rotatable bonds is 2. The Morgan fingerprint density at radius 1 is 1.38 bits per heavy atom. The lowest BCUT2D eigenvalue weighted by Crippen LogP contribution is -2.21. The first kappa shape index (κ1) is 12.3. The van der Waals surface area contributed by atoms with E-state index >= 15 is 0 Å². The maximum absolute atomic E-state index is 12.3. The number of hydrogen-bond donors (Lipinski definition) is 3. The van der Waals surface area contributed by atoms with E-state index in [4.69, 9.17) is 10.8 Å². The van der Waals surface area contributed by atoms with Crippen LogP contribution in [0.5, 0.6) is 5.75 Å². The van der Waals surface area contributed by atoms with Crippen molar-refractivity contribution in [3.63, 3.8) is 0 Å². The summed E-state index contributed by atoms with van der Waals surface area (Å²) >= 11 is 0. The highest BCUT2D eigenvalue weighted by Crippen LogP contribution is 2.38. The van der Waals surface area contributed by atoms with Crippen LogP contribution in [0.2, 0.25) is 0 Å². The van der Waals surface area contributed by atoms with Crippen molar-refractivity contribution in [3.05, 3.63) is 29.3 Å². The maximum Gasteiger partial charge on any atom is 0.419 e. The van der Waals surface area contributed by atoms with Gasteiger partial charge in [0.15, 0.2) is 0 Å². The fourth-order valence-corrected chi connectivity index (χ4v) is 1.17. The summed E-state index contributed by atoms with van der Waals surface area (Å²) < 4.78 is 37.0. The van der Waals surface area contributed by atoms with Crippen LogP contribution < -0.4 is 5.73 Å². The summed E-state index contributed by atoms with van der Waals surface area (Å²) in [6.07, 6.45) is -4.75. The van der Waals surface area contributed by atoms with Gasteiger partial charge in [0.2, 0.25) is 0 Å². The molecule has 1 aromatic carbocycles. The van der Waals surface area contributed by atoms with Gasteiger partial charge in [-0.3, -0.25) is 4.79 Å². The van der Waals surface area contributed by atoms with Crippen LogP contribution in [0.4, 0.5) is 13.2 Å². The molecule has 0 unspecified atom stereocenters. The minimum absolute atomic E-state index is 0.470. The molecule has 4 nitrogen and oxygen atoms in total. The number of para-hydroxylation sites is 1. The Morgan fingerprint density at radius 2 is 1.94 bits per heavy atom. The van der Waals surface area contributed by atoms with Gasteiger partial charge >= 0.3 is 12.1 Å². The van der Waals surface area contributed by atoms with Gasteiger partial charge in [-0.2, -0.15) is 13.2 Å². The van der Waals surface area contributed by atoms with Crippen molar-refractivity contribution in [2.24, 2.45) is 5.73 Å². The number of benzene rings is 1. The summed E-state index contributed by atoms with van der Waals surface area (Å²) in [6, 6.07) is 0.972. The zero-order valence-corrected chi connectivity index (χ0v) is 7.82. The molecule has 0 fully saturated rings. The number of hydrogen-bond acceptors (Lipinski definition) is 3. The molecule has 4 N–H and O–H groups in total. The van der Waals surface area contributed by atoms with Gasteiger partial charge in [-0.25, -0.2) is 0 Å². The quantitative estimate of drug-likeness (QED) is 0.725. The number of carboxylic acid groups (broad SMARTS) is 1. The molecular weight excluding hydrogens is 227 g/mol. The van der Waals surface area contributed by atoms with E-state index in [-0.39, 0.29) is 0 Å². The molecule has 0 saturated heterocycles. The number of aliphatic carboxylic acids is 1. The summed E-state index contributed by atoms with van der Waals surface area (Å²) in [5.41, 5.74) is 3.35. The smallest absolute Gasteiger partial charge is 0.419 e. The van der Waals surface area contributed by atoms with Gasteiger partial charge in [0, 0.05) is 5.56 Å². The van der Waals surface area contributed by atoms with Crippen LogP contribution in [-0.4, -0.2) is 16.2 Å². The first-order chi connectivity index (χ1) is 7.25. The summed E-state index contributed by atoms with van der Waals surface area (Å²) in [5, 5.41) is 17.8. The van der Waals surface area contributed by atoms with Gasteiger partial charge < -0.3 is 15.9 Å². The Morgan fingerprint density at radius 3 is 2.38 bits per heavy atom. The molecule has 1 rings (SSSR count). The van der Waals surface area contributed by atoms with Crippen molar-refractivity contribution < 1.29 is 28.2 Å². The second-order valence-electron chi connectivity index (χ2n) is 3.06. The normalized spacial score (nSPS) is 13.5. The minimum atomic E-state index is -4.75. The van der Waals surface area contributed by atoms with E-state index < -0.39 is 35.1 Å². The summed E-state index contributed by atoms with van der Waals surface area (Å²) in [5.74, 6) is -2.67. The highest BCUT2D eigenvalue weighted by Gasteiger charge is 2.35. The fourth-order valence-electron chi connectivity index (χ4n) is 1.17. The van der Waals surface area contributed by atoms with Gasteiger partial charge in [-0.1, -0.05) is 12.1 Å². The zero-order valence-electron chi connectivity index (χ0n) is 7.82. The second kappa shape index (κ2) is 4.01. The maximum atomic E-state index is 12.3. The molecule has 0 heterocycles. The van der Waals surface area contributed by atoms with E-state index in [0.29, 0.717) is 6.07 Å². The molecule has 1 atom stereocenters. The van der Waals surface area contributed by atoms with Crippen LogP contribution >= 0.6 is 0 Å². The molecule has 0 amide bonds. The van der Waals surface area contributed by atoms with Gasteiger partial charge in [-0.05, 0) is 6.07 Å². The van der Waals surface area contributed by atoms with Gasteiger partial charge in [0.1, 0.15) is 11.8 Å². The molecule has 0 saturated carbocycles. The molecule has 0 aliphatic heterocycles. The lowest BCUT2D eigenvalue weighted by atomic mass is 10.0. The third kappa shape index (κ3) is 2.25.